The van der Waals surface area contributed by atoms with Crippen LogP contribution in [0.2, 0.25) is 0 Å². The van der Waals surface area contributed by atoms with Crippen LogP contribution in [0.4, 0.5) is 0 Å². The van der Waals surface area contributed by atoms with Crippen LogP contribution < -0.4 is 4.74 Å². The molecule has 1 aliphatic carbocycles. The van der Waals surface area contributed by atoms with Gasteiger partial charge in [-0.1, -0.05) is 52.0 Å². The minimum absolute atomic E-state index is 0.346. The van der Waals surface area contributed by atoms with Gasteiger partial charge in [0, 0.05) is 20.1 Å². The van der Waals surface area contributed by atoms with Crippen molar-refractivity contribution in [2.45, 2.75) is 73.0 Å². The van der Waals surface area contributed by atoms with Crippen molar-refractivity contribution in [1.82, 2.24) is 4.90 Å². The molecule has 0 amide bonds. The number of hydrogen-bond donors (Lipinski definition) is 1. The number of ether oxygens (including phenoxy) is 1. The van der Waals surface area contributed by atoms with E-state index in [-0.39, 0.29) is 0 Å². The van der Waals surface area contributed by atoms with E-state index in [0.717, 1.165) is 51.6 Å². The molecule has 1 aliphatic rings. The highest BCUT2D eigenvalue weighted by molar-refractivity contribution is 5.46. The Morgan fingerprint density at radius 3 is 2.28 bits per heavy atom. The Labute approximate surface area is 155 Å². The van der Waals surface area contributed by atoms with Gasteiger partial charge in [0.15, 0.2) is 0 Å². The quantitative estimate of drug-likeness (QED) is 0.723. The van der Waals surface area contributed by atoms with Crippen molar-refractivity contribution in [3.63, 3.8) is 0 Å². The van der Waals surface area contributed by atoms with Crippen molar-refractivity contribution < 1.29 is 9.84 Å². The van der Waals surface area contributed by atoms with E-state index in [2.05, 4.69) is 57.0 Å². The fraction of sp³-hybridized carbons (Fsp3) is 0.636. The van der Waals surface area contributed by atoms with E-state index in [1.807, 2.05) is 13.8 Å². The predicted molar refractivity (Wildman–Crippen MR) is 109 cm³/mol. The van der Waals surface area contributed by atoms with Gasteiger partial charge in [-0.15, -0.1) is 0 Å². The van der Waals surface area contributed by atoms with E-state index in [1.54, 1.807) is 0 Å². The lowest BCUT2D eigenvalue weighted by Gasteiger charge is -2.25. The number of aliphatic hydroxyl groups is 1. The molecule has 0 aromatic heterocycles. The van der Waals surface area contributed by atoms with Gasteiger partial charge >= 0.3 is 0 Å². The highest BCUT2D eigenvalue weighted by atomic mass is 16.5. The summed E-state index contributed by atoms with van der Waals surface area (Å²) in [6.07, 6.45) is 9.22. The molecule has 0 aliphatic heterocycles. The maximum atomic E-state index is 7.00. The van der Waals surface area contributed by atoms with Crippen LogP contribution >= 0.6 is 0 Å². The molecule has 0 radical (unpaired) electrons. The normalized spacial score (nSPS) is 15.8. The Bertz CT molecular complexity index is 497. The first-order chi connectivity index (χ1) is 12.2. The molecule has 1 aromatic carbocycles. The summed E-state index contributed by atoms with van der Waals surface area (Å²) in [7, 11) is 3.17. The van der Waals surface area contributed by atoms with Crippen LogP contribution in [-0.4, -0.2) is 36.8 Å². The lowest BCUT2D eigenvalue weighted by molar-refractivity contribution is 0.187. The standard InChI is InChI=1S/C19H29NO.C2H6.CH4O/c1-5-16-12-13-17(14-20(4)6-2)15(3)19(16)21-18-10-8-7-9-11-18;2*1-2/h7-8,12-13,18H,5-6,9-11,14H2,1-4H3;1-2H3;2H,1H3. The Balaban J connectivity index is 0.00000134. The SMILES string of the molecule is CC.CCc1ccc(CN(C)CC)c(C)c1OC1CC=CCC1.CO. The van der Waals surface area contributed by atoms with Crippen LogP contribution in [-0.2, 0) is 13.0 Å². The molecule has 1 unspecified atom stereocenters. The molecule has 144 valence electrons. The number of rotatable bonds is 6. The van der Waals surface area contributed by atoms with Gasteiger partial charge in [0.05, 0.1) is 0 Å². The van der Waals surface area contributed by atoms with Gasteiger partial charge in [0.2, 0.25) is 0 Å². The van der Waals surface area contributed by atoms with Crippen molar-refractivity contribution in [2.24, 2.45) is 0 Å². The fourth-order valence-corrected chi connectivity index (χ4v) is 2.84. The number of nitrogens with zero attached hydrogens (tertiary/aromatic N) is 1. The van der Waals surface area contributed by atoms with E-state index < -0.39 is 0 Å². The molecule has 1 aromatic rings. The molecule has 0 spiro atoms. The Hall–Kier alpha value is -1.32. The Morgan fingerprint density at radius 2 is 1.76 bits per heavy atom. The average molecular weight is 350 g/mol. The smallest absolute Gasteiger partial charge is 0.126 e. The first kappa shape index (κ1) is 23.7. The lowest BCUT2D eigenvalue weighted by atomic mass is 10.00. The van der Waals surface area contributed by atoms with Gasteiger partial charge in [0.1, 0.15) is 11.9 Å². The molecule has 0 bridgehead atoms. The maximum Gasteiger partial charge on any atom is 0.126 e. The predicted octanol–water partition coefficient (Wildman–Crippen LogP) is 5.13. The molecule has 0 saturated carbocycles. The number of hydrogen-bond acceptors (Lipinski definition) is 3. The zero-order valence-corrected chi connectivity index (χ0v) is 17.4. The van der Waals surface area contributed by atoms with Gasteiger partial charge in [-0.05, 0) is 56.5 Å². The monoisotopic (exact) mass is 349 g/mol. The summed E-state index contributed by atoms with van der Waals surface area (Å²) in [5, 5.41) is 7.00. The second kappa shape index (κ2) is 13.9. The van der Waals surface area contributed by atoms with Gasteiger partial charge < -0.3 is 14.7 Å². The molecule has 1 N–H and O–H groups in total. The summed E-state index contributed by atoms with van der Waals surface area (Å²) in [6, 6.07) is 4.52. The van der Waals surface area contributed by atoms with Crippen molar-refractivity contribution in [3.05, 3.63) is 41.0 Å². The third-order valence-corrected chi connectivity index (χ3v) is 4.47. The summed E-state index contributed by atoms with van der Waals surface area (Å²) >= 11 is 0. The van der Waals surface area contributed by atoms with E-state index in [4.69, 9.17) is 9.84 Å². The number of allylic oxidation sites excluding steroid dienone is 1. The average Bonchev–Trinajstić information content (AvgIpc) is 2.69. The number of aryl methyl sites for hydroxylation is 1. The minimum atomic E-state index is 0.346. The number of benzene rings is 1. The second-order valence-electron chi connectivity index (χ2n) is 6.05. The molecule has 1 atom stereocenters. The molecule has 3 nitrogen and oxygen atoms in total. The topological polar surface area (TPSA) is 32.7 Å². The summed E-state index contributed by atoms with van der Waals surface area (Å²) in [5.41, 5.74) is 4.05. The first-order valence-corrected chi connectivity index (χ1v) is 9.72. The van der Waals surface area contributed by atoms with Gasteiger partial charge in [-0.2, -0.15) is 0 Å². The van der Waals surface area contributed by atoms with Crippen molar-refractivity contribution >= 4 is 0 Å². The van der Waals surface area contributed by atoms with Gasteiger partial charge in [0.25, 0.3) is 0 Å². The van der Waals surface area contributed by atoms with Crippen LogP contribution in [0.3, 0.4) is 0 Å². The summed E-state index contributed by atoms with van der Waals surface area (Å²) in [4.78, 5) is 2.33. The van der Waals surface area contributed by atoms with Gasteiger partial charge in [-0.25, -0.2) is 0 Å². The lowest BCUT2D eigenvalue weighted by Crippen LogP contribution is -2.20. The minimum Gasteiger partial charge on any atom is -0.490 e. The first-order valence-electron chi connectivity index (χ1n) is 9.72. The van der Waals surface area contributed by atoms with Crippen LogP contribution in [0.1, 0.15) is 63.6 Å². The van der Waals surface area contributed by atoms with Crippen LogP contribution in [0.15, 0.2) is 24.3 Å². The zero-order valence-electron chi connectivity index (χ0n) is 17.4. The highest BCUT2D eigenvalue weighted by Crippen LogP contribution is 2.31. The van der Waals surface area contributed by atoms with E-state index >= 15 is 0 Å². The highest BCUT2D eigenvalue weighted by Gasteiger charge is 2.17. The molecule has 25 heavy (non-hydrogen) atoms. The van der Waals surface area contributed by atoms with Crippen molar-refractivity contribution in [3.8, 4) is 5.75 Å². The largest absolute Gasteiger partial charge is 0.490 e. The summed E-state index contributed by atoms with van der Waals surface area (Å²) < 4.78 is 6.39. The van der Waals surface area contributed by atoms with Crippen LogP contribution in [0, 0.1) is 6.92 Å². The van der Waals surface area contributed by atoms with Crippen LogP contribution in [0.25, 0.3) is 0 Å². The molecule has 0 saturated heterocycles. The third kappa shape index (κ3) is 7.62. The van der Waals surface area contributed by atoms with E-state index in [1.165, 1.54) is 16.7 Å². The molecule has 3 heteroatoms. The molecular formula is C22H39NO2. The molecular weight excluding hydrogens is 310 g/mol. The number of aliphatic hydroxyl groups excluding tert-OH is 1. The van der Waals surface area contributed by atoms with Gasteiger partial charge in [-0.3, -0.25) is 0 Å². The maximum absolute atomic E-state index is 7.00. The fourth-order valence-electron chi connectivity index (χ4n) is 2.84. The molecule has 0 heterocycles. The Morgan fingerprint density at radius 1 is 1.12 bits per heavy atom. The molecule has 2 rings (SSSR count). The third-order valence-electron chi connectivity index (χ3n) is 4.47. The summed E-state index contributed by atoms with van der Waals surface area (Å²) in [6.45, 7) is 12.7. The van der Waals surface area contributed by atoms with E-state index in [9.17, 15) is 0 Å². The van der Waals surface area contributed by atoms with Crippen molar-refractivity contribution in [2.75, 3.05) is 20.7 Å². The molecule has 0 fully saturated rings. The zero-order chi connectivity index (χ0) is 19.2. The second-order valence-corrected chi connectivity index (χ2v) is 6.05. The Kier molecular flexibility index (Phi) is 13.2. The van der Waals surface area contributed by atoms with Crippen LogP contribution in [0.5, 0.6) is 5.75 Å². The van der Waals surface area contributed by atoms with Crippen molar-refractivity contribution in [1.29, 1.82) is 0 Å². The summed E-state index contributed by atoms with van der Waals surface area (Å²) in [5.74, 6) is 1.14. The van der Waals surface area contributed by atoms with E-state index in [0.29, 0.717) is 6.10 Å².